The molecule has 0 unspecified atom stereocenters. The van der Waals surface area contributed by atoms with Crippen molar-refractivity contribution in [2.75, 3.05) is 5.32 Å². The first-order valence-corrected chi connectivity index (χ1v) is 7.91. The largest absolute Gasteiger partial charge is 0.329 e. The summed E-state index contributed by atoms with van der Waals surface area (Å²) in [6.07, 6.45) is 3.64. The van der Waals surface area contributed by atoms with Gasteiger partial charge in [0.25, 0.3) is 0 Å². The molecular weight excluding hydrogens is 314 g/mol. The van der Waals surface area contributed by atoms with Crippen LogP contribution in [0.25, 0.3) is 6.08 Å². The van der Waals surface area contributed by atoms with Crippen LogP contribution < -0.4 is 10.7 Å². The number of aryl methyl sites for hydroxylation is 2. The molecule has 0 radical (unpaired) electrons. The van der Waals surface area contributed by atoms with Gasteiger partial charge < -0.3 is 5.32 Å². The van der Waals surface area contributed by atoms with Crippen LogP contribution in [0, 0.1) is 13.8 Å². The fourth-order valence-electron chi connectivity index (χ4n) is 2.14. The van der Waals surface area contributed by atoms with Crippen molar-refractivity contribution in [3.63, 3.8) is 0 Å². The molecule has 5 heteroatoms. The van der Waals surface area contributed by atoms with Crippen LogP contribution in [-0.2, 0) is 9.59 Å². The fourth-order valence-corrected chi connectivity index (χ4v) is 2.14. The Kier molecular flexibility index (Phi) is 6.23. The molecule has 0 aliphatic carbocycles. The topological polar surface area (TPSA) is 70.6 Å². The number of carbonyl (C=O) groups is 2. The molecule has 0 atom stereocenters. The number of hydrazone groups is 1. The molecule has 0 aromatic heterocycles. The molecule has 0 heterocycles. The molecule has 2 aromatic carbocycles. The van der Waals surface area contributed by atoms with Crippen molar-refractivity contribution in [2.45, 2.75) is 20.8 Å². The van der Waals surface area contributed by atoms with Crippen molar-refractivity contribution in [3.8, 4) is 0 Å². The average Bonchev–Trinajstić information content (AvgIpc) is 2.61. The van der Waals surface area contributed by atoms with E-state index in [4.69, 9.17) is 0 Å². The Morgan fingerprint density at radius 1 is 1.00 bits per heavy atom. The van der Waals surface area contributed by atoms with Crippen molar-refractivity contribution in [1.82, 2.24) is 5.43 Å². The number of rotatable bonds is 4. The standard InChI is InChI=1S/C20H21N3O2/c1-14-9-12-18(15(2)13-14)21-19(24)20(25)23-22-16(3)10-11-17-7-5-4-6-8-17/h4-13H,1-3H3,(H,21,24)(H,23,25)/b11-10-,22-16?. The summed E-state index contributed by atoms with van der Waals surface area (Å²) in [7, 11) is 0. The SMILES string of the molecule is CC(/C=C\c1ccccc1)=NNC(=O)C(=O)Nc1ccc(C)cc1C. The minimum Gasteiger partial charge on any atom is -0.317 e. The van der Waals surface area contributed by atoms with Gasteiger partial charge in [0.2, 0.25) is 0 Å². The number of anilines is 1. The first kappa shape index (κ1) is 18.1. The van der Waals surface area contributed by atoms with Gasteiger partial charge in [0.15, 0.2) is 0 Å². The van der Waals surface area contributed by atoms with Gasteiger partial charge in [0.1, 0.15) is 0 Å². The van der Waals surface area contributed by atoms with Crippen molar-refractivity contribution >= 4 is 29.3 Å². The number of benzene rings is 2. The Hall–Kier alpha value is -3.21. The first-order valence-electron chi connectivity index (χ1n) is 7.91. The molecule has 0 aliphatic rings. The van der Waals surface area contributed by atoms with Crippen LogP contribution in [0.1, 0.15) is 23.6 Å². The maximum absolute atomic E-state index is 11.9. The predicted molar refractivity (Wildman–Crippen MR) is 101 cm³/mol. The zero-order valence-electron chi connectivity index (χ0n) is 14.5. The van der Waals surface area contributed by atoms with E-state index in [9.17, 15) is 9.59 Å². The van der Waals surface area contributed by atoms with Gasteiger partial charge in [0, 0.05) is 5.69 Å². The fraction of sp³-hybridized carbons (Fsp3) is 0.150. The van der Waals surface area contributed by atoms with Crippen molar-refractivity contribution < 1.29 is 9.59 Å². The molecule has 2 amide bonds. The summed E-state index contributed by atoms with van der Waals surface area (Å²) >= 11 is 0. The van der Waals surface area contributed by atoms with Crippen molar-refractivity contribution in [2.24, 2.45) is 5.10 Å². The molecule has 5 nitrogen and oxygen atoms in total. The highest BCUT2D eigenvalue weighted by Crippen LogP contribution is 2.15. The van der Waals surface area contributed by atoms with Gasteiger partial charge in [0.05, 0.1) is 5.71 Å². The van der Waals surface area contributed by atoms with Gasteiger partial charge in [-0.25, -0.2) is 5.43 Å². The summed E-state index contributed by atoms with van der Waals surface area (Å²) in [5.41, 5.74) is 6.45. The third kappa shape index (κ3) is 5.73. The average molecular weight is 335 g/mol. The Bertz CT molecular complexity index is 824. The second-order valence-corrected chi connectivity index (χ2v) is 5.71. The Morgan fingerprint density at radius 3 is 2.40 bits per heavy atom. The number of nitrogens with zero attached hydrogens (tertiary/aromatic N) is 1. The molecule has 0 aliphatic heterocycles. The lowest BCUT2D eigenvalue weighted by molar-refractivity contribution is -0.136. The molecule has 2 rings (SSSR count). The molecule has 25 heavy (non-hydrogen) atoms. The number of nitrogens with one attached hydrogen (secondary N) is 2. The zero-order chi connectivity index (χ0) is 18.2. The van der Waals surface area contributed by atoms with Crippen LogP contribution in [0.15, 0.2) is 59.7 Å². The van der Waals surface area contributed by atoms with Crippen LogP contribution in [0.5, 0.6) is 0 Å². The normalized spacial score (nSPS) is 11.4. The quantitative estimate of drug-likeness (QED) is 0.510. The van der Waals surface area contributed by atoms with Crippen molar-refractivity contribution in [1.29, 1.82) is 0 Å². The molecule has 0 fully saturated rings. The van der Waals surface area contributed by atoms with Gasteiger partial charge in [-0.1, -0.05) is 54.1 Å². The molecule has 0 spiro atoms. The minimum atomic E-state index is -0.813. The highest BCUT2D eigenvalue weighted by Gasteiger charge is 2.14. The third-order valence-corrected chi connectivity index (χ3v) is 3.49. The molecule has 0 bridgehead atoms. The van der Waals surface area contributed by atoms with E-state index in [1.165, 1.54) is 0 Å². The van der Waals surface area contributed by atoms with Crippen LogP contribution in [0.2, 0.25) is 0 Å². The smallest absolute Gasteiger partial charge is 0.317 e. The summed E-state index contributed by atoms with van der Waals surface area (Å²) in [4.78, 5) is 23.8. The monoisotopic (exact) mass is 335 g/mol. The van der Waals surface area contributed by atoms with E-state index in [1.807, 2.05) is 62.4 Å². The highest BCUT2D eigenvalue weighted by atomic mass is 16.2. The first-order chi connectivity index (χ1) is 12.0. The molecule has 128 valence electrons. The highest BCUT2D eigenvalue weighted by molar-refractivity contribution is 6.39. The third-order valence-electron chi connectivity index (χ3n) is 3.49. The summed E-state index contributed by atoms with van der Waals surface area (Å²) < 4.78 is 0. The van der Waals surface area contributed by atoms with Crippen molar-refractivity contribution in [3.05, 3.63) is 71.3 Å². The molecule has 0 saturated carbocycles. The maximum Gasteiger partial charge on any atom is 0.329 e. The van der Waals surface area contributed by atoms with Crippen LogP contribution >= 0.6 is 0 Å². The van der Waals surface area contributed by atoms with E-state index in [0.717, 1.165) is 16.7 Å². The van der Waals surface area contributed by atoms with Crippen LogP contribution in [-0.4, -0.2) is 17.5 Å². The van der Waals surface area contributed by atoms with E-state index >= 15 is 0 Å². The number of hydrogen-bond donors (Lipinski definition) is 2. The Balaban J connectivity index is 1.92. The lowest BCUT2D eigenvalue weighted by Crippen LogP contribution is -2.33. The number of allylic oxidation sites excluding steroid dienone is 1. The van der Waals surface area contributed by atoms with E-state index in [0.29, 0.717) is 11.4 Å². The summed E-state index contributed by atoms with van der Waals surface area (Å²) in [6.45, 7) is 5.57. The van der Waals surface area contributed by atoms with E-state index in [-0.39, 0.29) is 0 Å². The summed E-state index contributed by atoms with van der Waals surface area (Å²) in [6, 6.07) is 15.3. The Labute approximate surface area is 147 Å². The molecule has 0 saturated heterocycles. The summed E-state index contributed by atoms with van der Waals surface area (Å²) in [5.74, 6) is -1.57. The molecular formula is C20H21N3O2. The van der Waals surface area contributed by atoms with E-state index in [1.54, 1.807) is 19.1 Å². The minimum absolute atomic E-state index is 0.580. The van der Waals surface area contributed by atoms with Crippen LogP contribution in [0.3, 0.4) is 0 Å². The zero-order valence-corrected chi connectivity index (χ0v) is 14.5. The number of amides is 2. The lowest BCUT2D eigenvalue weighted by atomic mass is 10.1. The van der Waals surface area contributed by atoms with Gasteiger partial charge in [-0.3, -0.25) is 9.59 Å². The summed E-state index contributed by atoms with van der Waals surface area (Å²) in [5, 5.41) is 6.49. The van der Waals surface area contributed by atoms with E-state index in [2.05, 4.69) is 15.8 Å². The number of carbonyl (C=O) groups excluding carboxylic acids is 2. The van der Waals surface area contributed by atoms with Gasteiger partial charge in [-0.05, 0) is 44.0 Å². The van der Waals surface area contributed by atoms with Gasteiger partial charge >= 0.3 is 11.8 Å². The molecule has 2 N–H and O–H groups in total. The number of hydrogen-bond acceptors (Lipinski definition) is 3. The maximum atomic E-state index is 11.9. The second kappa shape index (κ2) is 8.59. The predicted octanol–water partition coefficient (Wildman–Crippen LogP) is 3.45. The van der Waals surface area contributed by atoms with Gasteiger partial charge in [-0.15, -0.1) is 0 Å². The molecule has 2 aromatic rings. The lowest BCUT2D eigenvalue weighted by Gasteiger charge is -2.08. The van der Waals surface area contributed by atoms with Gasteiger partial charge in [-0.2, -0.15) is 5.10 Å². The van der Waals surface area contributed by atoms with Crippen LogP contribution in [0.4, 0.5) is 5.69 Å². The second-order valence-electron chi connectivity index (χ2n) is 5.71. The Morgan fingerprint density at radius 2 is 1.72 bits per heavy atom. The van der Waals surface area contributed by atoms with E-state index < -0.39 is 11.8 Å².